The highest BCUT2D eigenvalue weighted by Gasteiger charge is 2.68. The van der Waals surface area contributed by atoms with E-state index in [9.17, 15) is 22.8 Å². The van der Waals surface area contributed by atoms with Gasteiger partial charge in [0.05, 0.1) is 30.6 Å². The molecule has 1 saturated carbocycles. The second-order valence-corrected chi connectivity index (χ2v) is 10.7. The number of pyridine rings is 1. The van der Waals surface area contributed by atoms with Crippen molar-refractivity contribution < 1.29 is 27.4 Å². The number of hydrogen-bond donors (Lipinski definition) is 1. The first-order chi connectivity index (χ1) is 19.4. The highest BCUT2D eigenvalue weighted by Crippen LogP contribution is 2.58. The molecule has 2 atom stereocenters. The summed E-state index contributed by atoms with van der Waals surface area (Å²) >= 11 is 0. The predicted octanol–water partition coefficient (Wildman–Crippen LogP) is 5.34. The van der Waals surface area contributed by atoms with Gasteiger partial charge in [-0.3, -0.25) is 9.59 Å². The fourth-order valence-electron chi connectivity index (χ4n) is 4.93. The molecule has 2 heterocycles. The molecule has 1 aliphatic rings. The molecule has 0 aliphatic heterocycles. The van der Waals surface area contributed by atoms with E-state index in [2.05, 4.69) is 10.4 Å². The maximum Gasteiger partial charge on any atom is 0.403 e. The van der Waals surface area contributed by atoms with Gasteiger partial charge in [-0.15, -0.1) is 0 Å². The van der Waals surface area contributed by atoms with Gasteiger partial charge in [-0.05, 0) is 60.7 Å². The lowest BCUT2D eigenvalue weighted by Gasteiger charge is -2.33. The third kappa shape index (κ3) is 5.40. The molecule has 0 unspecified atom stereocenters. The second kappa shape index (κ2) is 10.6. The summed E-state index contributed by atoms with van der Waals surface area (Å²) in [4.78, 5) is 24.8. The molecule has 41 heavy (non-hydrogen) atoms. The maximum absolute atomic E-state index is 13.7. The van der Waals surface area contributed by atoms with Crippen LogP contribution >= 0.6 is 0 Å². The summed E-state index contributed by atoms with van der Waals surface area (Å²) in [5.74, 6) is -0.222. The van der Waals surface area contributed by atoms with E-state index in [0.717, 1.165) is 10.9 Å². The summed E-state index contributed by atoms with van der Waals surface area (Å²) in [6, 6.07) is 14.8. The van der Waals surface area contributed by atoms with E-state index in [1.807, 2.05) is 19.9 Å². The van der Waals surface area contributed by atoms with Crippen molar-refractivity contribution in [3.8, 4) is 17.2 Å². The number of aromatic nitrogens is 3. The van der Waals surface area contributed by atoms with Crippen LogP contribution in [-0.2, 0) is 11.8 Å². The van der Waals surface area contributed by atoms with Crippen LogP contribution in [0.4, 0.5) is 13.2 Å². The molecule has 216 valence electrons. The number of nitrogens with zero attached hydrogens (tertiary/aromatic N) is 3. The lowest BCUT2D eigenvalue weighted by molar-refractivity contribution is -0.193. The standard InChI is InChI=1S/C30H31F3N4O4/c1-18(2)26(35-28(39)29(13-14-29)30(31,32)33)27(19-5-8-22(40-4)9-6-19)41-23-10-11-24-20(15-23)16-34-37(24)21-7-12-25(38)36(3)17-21/h5-12,15-18,26-27H,13-14H2,1-4H3,(H,35,39)/t26-,27+/m0/s1. The molecule has 2 aromatic carbocycles. The van der Waals surface area contributed by atoms with Crippen molar-refractivity contribution in [2.24, 2.45) is 18.4 Å². The van der Waals surface area contributed by atoms with Crippen LogP contribution in [0.3, 0.4) is 0 Å². The Morgan fingerprint density at radius 2 is 1.73 bits per heavy atom. The monoisotopic (exact) mass is 568 g/mol. The van der Waals surface area contributed by atoms with Gasteiger partial charge in [0.2, 0.25) is 11.5 Å². The minimum absolute atomic E-state index is 0.139. The first-order valence-corrected chi connectivity index (χ1v) is 13.3. The van der Waals surface area contributed by atoms with Crippen molar-refractivity contribution in [1.29, 1.82) is 0 Å². The SMILES string of the molecule is COc1ccc([C@@H](Oc2ccc3c(cnn3-c3ccc(=O)n(C)c3)c2)[C@@H](NC(=O)C2(C(F)(F)F)CC2)C(C)C)cc1. The van der Waals surface area contributed by atoms with E-state index < -0.39 is 29.6 Å². The zero-order chi connectivity index (χ0) is 29.5. The summed E-state index contributed by atoms with van der Waals surface area (Å²) in [6.07, 6.45) is -2.52. The third-order valence-corrected chi connectivity index (χ3v) is 7.63. The van der Waals surface area contributed by atoms with Crippen molar-refractivity contribution in [2.45, 2.75) is 45.0 Å². The molecular weight excluding hydrogens is 537 g/mol. The van der Waals surface area contributed by atoms with Crippen LogP contribution in [0.2, 0.25) is 0 Å². The Hall–Kier alpha value is -4.28. The van der Waals surface area contributed by atoms with Gasteiger partial charge in [-0.2, -0.15) is 18.3 Å². The molecule has 0 saturated heterocycles. The van der Waals surface area contributed by atoms with Crippen LogP contribution in [0, 0.1) is 11.3 Å². The molecule has 4 aromatic rings. The zero-order valence-corrected chi connectivity index (χ0v) is 23.1. The molecule has 0 radical (unpaired) electrons. The van der Waals surface area contributed by atoms with Crippen LogP contribution in [-0.4, -0.2) is 39.6 Å². The summed E-state index contributed by atoms with van der Waals surface area (Å²) in [7, 11) is 3.20. The molecule has 1 N–H and O–H groups in total. The Balaban J connectivity index is 1.49. The van der Waals surface area contributed by atoms with Crippen molar-refractivity contribution in [2.75, 3.05) is 7.11 Å². The van der Waals surface area contributed by atoms with Gasteiger partial charge >= 0.3 is 6.18 Å². The number of carbonyl (C=O) groups is 1. The maximum atomic E-state index is 13.7. The highest BCUT2D eigenvalue weighted by molar-refractivity contribution is 5.86. The molecule has 0 spiro atoms. The van der Waals surface area contributed by atoms with Gasteiger partial charge in [0, 0.05) is 24.7 Å². The van der Waals surface area contributed by atoms with Gasteiger partial charge in [0.1, 0.15) is 23.0 Å². The van der Waals surface area contributed by atoms with Crippen molar-refractivity contribution in [1.82, 2.24) is 19.7 Å². The van der Waals surface area contributed by atoms with Gasteiger partial charge in [0.15, 0.2) is 0 Å². The fraction of sp³-hybridized carbons (Fsp3) is 0.367. The van der Waals surface area contributed by atoms with Crippen molar-refractivity contribution in [3.63, 3.8) is 0 Å². The summed E-state index contributed by atoms with van der Waals surface area (Å²) < 4.78 is 56.1. The molecule has 2 aromatic heterocycles. The quantitative estimate of drug-likeness (QED) is 0.295. The molecule has 1 fully saturated rings. The number of aryl methyl sites for hydroxylation is 1. The lowest BCUT2D eigenvalue weighted by Crippen LogP contribution is -2.50. The van der Waals surface area contributed by atoms with E-state index in [4.69, 9.17) is 9.47 Å². The number of nitrogens with one attached hydrogen (secondary N) is 1. The number of benzene rings is 2. The normalized spacial score (nSPS) is 15.9. The number of carbonyl (C=O) groups excluding carboxylic acids is 1. The Morgan fingerprint density at radius 1 is 1.05 bits per heavy atom. The Labute approximate surface area is 234 Å². The molecular formula is C30H31F3N4O4. The number of alkyl halides is 3. The smallest absolute Gasteiger partial charge is 0.403 e. The van der Waals surface area contributed by atoms with Crippen LogP contribution in [0.15, 0.2) is 71.8 Å². The van der Waals surface area contributed by atoms with Gasteiger partial charge in [-0.1, -0.05) is 26.0 Å². The number of hydrogen-bond acceptors (Lipinski definition) is 5. The first kappa shape index (κ1) is 28.3. The van der Waals surface area contributed by atoms with Gasteiger partial charge < -0.3 is 19.4 Å². The lowest BCUT2D eigenvalue weighted by atomic mass is 9.91. The Bertz CT molecular complexity index is 1620. The molecule has 11 heteroatoms. The van der Waals surface area contributed by atoms with E-state index in [-0.39, 0.29) is 24.3 Å². The number of halogens is 3. The average Bonchev–Trinajstić information content (AvgIpc) is 3.67. The minimum Gasteiger partial charge on any atom is -0.497 e. The average molecular weight is 569 g/mol. The molecule has 1 amide bonds. The zero-order valence-electron chi connectivity index (χ0n) is 23.1. The number of ether oxygens (including phenoxy) is 2. The Kier molecular flexibility index (Phi) is 7.31. The highest BCUT2D eigenvalue weighted by atomic mass is 19.4. The molecule has 8 nitrogen and oxygen atoms in total. The van der Waals surface area contributed by atoms with Crippen molar-refractivity contribution >= 4 is 16.8 Å². The topological polar surface area (TPSA) is 87.4 Å². The number of amides is 1. The summed E-state index contributed by atoms with van der Waals surface area (Å²) in [5, 5.41) is 7.90. The molecule has 0 bridgehead atoms. The number of rotatable bonds is 9. The van der Waals surface area contributed by atoms with E-state index in [1.54, 1.807) is 66.6 Å². The van der Waals surface area contributed by atoms with Crippen LogP contribution in [0.25, 0.3) is 16.6 Å². The van der Waals surface area contributed by atoms with Gasteiger partial charge in [0.25, 0.3) is 0 Å². The minimum atomic E-state index is -4.62. The molecule has 1 aliphatic carbocycles. The predicted molar refractivity (Wildman–Crippen MR) is 147 cm³/mol. The van der Waals surface area contributed by atoms with Crippen LogP contribution in [0.1, 0.15) is 38.4 Å². The second-order valence-electron chi connectivity index (χ2n) is 10.7. The van der Waals surface area contributed by atoms with E-state index in [0.29, 0.717) is 22.7 Å². The first-order valence-electron chi connectivity index (χ1n) is 13.3. The summed E-state index contributed by atoms with van der Waals surface area (Å²) in [6.45, 7) is 3.66. The Morgan fingerprint density at radius 3 is 2.32 bits per heavy atom. The molecule has 5 rings (SSSR count). The van der Waals surface area contributed by atoms with Crippen molar-refractivity contribution in [3.05, 3.63) is 82.9 Å². The fourth-order valence-corrected chi connectivity index (χ4v) is 4.93. The van der Waals surface area contributed by atoms with Gasteiger partial charge in [-0.25, -0.2) is 4.68 Å². The number of fused-ring (bicyclic) bond motifs is 1. The van der Waals surface area contributed by atoms with E-state index >= 15 is 0 Å². The summed E-state index contributed by atoms with van der Waals surface area (Å²) in [5.41, 5.74) is -0.346. The number of methoxy groups -OCH3 is 1. The largest absolute Gasteiger partial charge is 0.497 e. The van der Waals surface area contributed by atoms with Crippen LogP contribution in [0.5, 0.6) is 11.5 Å². The third-order valence-electron chi connectivity index (χ3n) is 7.63. The van der Waals surface area contributed by atoms with E-state index in [1.165, 1.54) is 17.7 Å². The van der Waals surface area contributed by atoms with Crippen LogP contribution < -0.4 is 20.3 Å².